The quantitative estimate of drug-likeness (QED) is 0.675. The lowest BCUT2D eigenvalue weighted by Crippen LogP contribution is -2.34. The first-order valence-electron chi connectivity index (χ1n) is 4.37. The van der Waals surface area contributed by atoms with Gasteiger partial charge >= 0.3 is 0 Å². The molecular weight excluding hydrogens is 180 g/mol. The molecule has 1 aromatic heterocycles. The van der Waals surface area contributed by atoms with Gasteiger partial charge in [0.2, 0.25) is 5.82 Å². The monoisotopic (exact) mass is 192 g/mol. The molecule has 0 aliphatic carbocycles. The molecule has 0 aliphatic heterocycles. The van der Waals surface area contributed by atoms with E-state index in [0.29, 0.717) is 6.42 Å². The van der Waals surface area contributed by atoms with Gasteiger partial charge in [0.05, 0.1) is 0 Å². The fraction of sp³-hybridized carbons (Fsp3) is 0.444. The summed E-state index contributed by atoms with van der Waals surface area (Å²) >= 11 is 0. The Morgan fingerprint density at radius 1 is 1.86 bits per heavy atom. The van der Waals surface area contributed by atoms with E-state index in [-0.39, 0.29) is 17.8 Å². The van der Waals surface area contributed by atoms with Gasteiger partial charge in [-0.15, -0.1) is 12.3 Å². The number of H-pyrrole nitrogens is 1. The Hall–Kier alpha value is -1.83. The van der Waals surface area contributed by atoms with E-state index in [0.717, 1.165) is 6.42 Å². The minimum Gasteiger partial charge on any atom is -0.346 e. The topological polar surface area (TPSA) is 70.7 Å². The zero-order valence-corrected chi connectivity index (χ0v) is 7.95. The molecule has 1 atom stereocenters. The zero-order valence-electron chi connectivity index (χ0n) is 7.95. The molecule has 5 nitrogen and oxygen atoms in total. The summed E-state index contributed by atoms with van der Waals surface area (Å²) in [5.41, 5.74) is 0. The lowest BCUT2D eigenvalue weighted by atomic mass is 10.1. The van der Waals surface area contributed by atoms with Crippen molar-refractivity contribution in [1.29, 1.82) is 0 Å². The summed E-state index contributed by atoms with van der Waals surface area (Å²) in [4.78, 5) is 15.2. The van der Waals surface area contributed by atoms with Crippen LogP contribution in [0.1, 0.15) is 30.4 Å². The van der Waals surface area contributed by atoms with Crippen molar-refractivity contribution in [1.82, 2.24) is 20.5 Å². The highest BCUT2D eigenvalue weighted by molar-refractivity contribution is 5.90. The van der Waals surface area contributed by atoms with E-state index in [1.807, 2.05) is 6.92 Å². The molecule has 2 N–H and O–H groups in total. The molecule has 0 bridgehead atoms. The first-order valence-corrected chi connectivity index (χ1v) is 4.37. The van der Waals surface area contributed by atoms with Gasteiger partial charge in [0.25, 0.3) is 5.91 Å². The number of nitrogens with one attached hydrogen (secondary N) is 2. The molecule has 5 heteroatoms. The van der Waals surface area contributed by atoms with Gasteiger partial charge in [-0.2, -0.15) is 5.10 Å². The van der Waals surface area contributed by atoms with Gasteiger partial charge in [0, 0.05) is 12.5 Å². The molecule has 14 heavy (non-hydrogen) atoms. The van der Waals surface area contributed by atoms with Gasteiger partial charge in [-0.05, 0) is 6.42 Å². The van der Waals surface area contributed by atoms with Crippen molar-refractivity contribution < 1.29 is 4.79 Å². The molecule has 0 spiro atoms. The summed E-state index contributed by atoms with van der Waals surface area (Å²) in [6, 6.07) is -0.00222. The molecule has 0 aliphatic rings. The van der Waals surface area contributed by atoms with Crippen LogP contribution >= 0.6 is 0 Å². The van der Waals surface area contributed by atoms with Crippen LogP contribution in [-0.4, -0.2) is 27.1 Å². The third kappa shape index (κ3) is 2.59. The molecule has 1 amide bonds. The average molecular weight is 192 g/mol. The number of amides is 1. The average Bonchev–Trinajstić information content (AvgIpc) is 2.69. The molecular formula is C9H12N4O. The Bertz CT molecular complexity index is 325. The Morgan fingerprint density at radius 3 is 3.14 bits per heavy atom. The van der Waals surface area contributed by atoms with Crippen LogP contribution in [0, 0.1) is 12.3 Å². The number of hydrogen-bond donors (Lipinski definition) is 2. The number of terminal acetylenes is 1. The van der Waals surface area contributed by atoms with Crippen LogP contribution in [0.2, 0.25) is 0 Å². The third-order valence-electron chi connectivity index (χ3n) is 1.82. The lowest BCUT2D eigenvalue weighted by Gasteiger charge is -2.12. The highest BCUT2D eigenvalue weighted by atomic mass is 16.2. The van der Waals surface area contributed by atoms with Crippen LogP contribution in [0.4, 0.5) is 0 Å². The second-order valence-corrected chi connectivity index (χ2v) is 2.82. The van der Waals surface area contributed by atoms with Gasteiger partial charge in [-0.25, -0.2) is 4.98 Å². The number of carbonyl (C=O) groups excluding carboxylic acids is 1. The maximum atomic E-state index is 11.4. The van der Waals surface area contributed by atoms with Gasteiger partial charge in [0.15, 0.2) is 0 Å². The molecule has 0 saturated heterocycles. The molecule has 1 unspecified atom stereocenters. The van der Waals surface area contributed by atoms with Crippen molar-refractivity contribution in [3.8, 4) is 12.3 Å². The zero-order chi connectivity index (χ0) is 10.4. The van der Waals surface area contributed by atoms with Crippen LogP contribution in [0.15, 0.2) is 6.33 Å². The molecule has 74 valence electrons. The number of rotatable bonds is 4. The predicted molar refractivity (Wildman–Crippen MR) is 51.4 cm³/mol. The molecule has 1 aromatic rings. The van der Waals surface area contributed by atoms with E-state index in [4.69, 9.17) is 6.42 Å². The lowest BCUT2D eigenvalue weighted by molar-refractivity contribution is 0.0926. The van der Waals surface area contributed by atoms with Crippen molar-refractivity contribution in [2.45, 2.75) is 25.8 Å². The summed E-state index contributed by atoms with van der Waals surface area (Å²) in [5.74, 6) is 2.44. The molecule has 0 fully saturated rings. The maximum Gasteiger partial charge on any atom is 0.288 e. The van der Waals surface area contributed by atoms with Crippen molar-refractivity contribution in [3.05, 3.63) is 12.2 Å². The van der Waals surface area contributed by atoms with Gasteiger partial charge in [-0.1, -0.05) is 6.92 Å². The largest absolute Gasteiger partial charge is 0.346 e. The normalized spacial score (nSPS) is 11.7. The Kier molecular flexibility index (Phi) is 3.68. The standard InChI is InChI=1S/C9H12N4O/c1-3-5-7(4-2)12-9(14)8-10-6-11-13-8/h1,6-7H,4-5H2,2H3,(H,12,14)(H,10,11,13). The Balaban J connectivity index is 2.52. The summed E-state index contributed by atoms with van der Waals surface area (Å²) in [7, 11) is 0. The van der Waals surface area contributed by atoms with E-state index < -0.39 is 0 Å². The Morgan fingerprint density at radius 2 is 2.64 bits per heavy atom. The van der Waals surface area contributed by atoms with E-state index in [9.17, 15) is 4.79 Å². The molecule has 0 aromatic carbocycles. The second-order valence-electron chi connectivity index (χ2n) is 2.82. The highest BCUT2D eigenvalue weighted by Gasteiger charge is 2.12. The fourth-order valence-corrected chi connectivity index (χ4v) is 1.01. The first-order chi connectivity index (χ1) is 6.77. The van der Waals surface area contributed by atoms with Crippen LogP contribution in [0.25, 0.3) is 0 Å². The van der Waals surface area contributed by atoms with E-state index in [1.165, 1.54) is 6.33 Å². The number of aromatic amines is 1. The number of hydrogen-bond acceptors (Lipinski definition) is 3. The van der Waals surface area contributed by atoms with E-state index in [1.54, 1.807) is 0 Å². The van der Waals surface area contributed by atoms with Crippen LogP contribution in [-0.2, 0) is 0 Å². The van der Waals surface area contributed by atoms with Crippen molar-refractivity contribution >= 4 is 5.91 Å². The number of carbonyl (C=O) groups is 1. The minimum atomic E-state index is -0.274. The summed E-state index contributed by atoms with van der Waals surface area (Å²) in [5, 5.41) is 8.82. The van der Waals surface area contributed by atoms with Crippen LogP contribution < -0.4 is 5.32 Å². The molecule has 0 saturated carbocycles. The van der Waals surface area contributed by atoms with Crippen LogP contribution in [0.3, 0.4) is 0 Å². The van der Waals surface area contributed by atoms with Gasteiger partial charge in [-0.3, -0.25) is 9.89 Å². The van der Waals surface area contributed by atoms with Crippen molar-refractivity contribution in [3.63, 3.8) is 0 Å². The summed E-state index contributed by atoms with van der Waals surface area (Å²) in [6.07, 6.45) is 7.77. The third-order valence-corrected chi connectivity index (χ3v) is 1.82. The molecule has 0 radical (unpaired) electrons. The summed E-state index contributed by atoms with van der Waals surface area (Å²) < 4.78 is 0. The second kappa shape index (κ2) is 5.02. The van der Waals surface area contributed by atoms with E-state index >= 15 is 0 Å². The SMILES string of the molecule is C#CCC(CC)NC(=O)c1ncn[nH]1. The Labute approximate surface area is 82.3 Å². The van der Waals surface area contributed by atoms with Crippen molar-refractivity contribution in [2.24, 2.45) is 0 Å². The van der Waals surface area contributed by atoms with E-state index in [2.05, 4.69) is 26.4 Å². The van der Waals surface area contributed by atoms with Crippen molar-refractivity contribution in [2.75, 3.05) is 0 Å². The summed E-state index contributed by atoms with van der Waals surface area (Å²) in [6.45, 7) is 1.96. The first kappa shape index (κ1) is 10.3. The van der Waals surface area contributed by atoms with Gasteiger partial charge in [0.1, 0.15) is 6.33 Å². The predicted octanol–water partition coefficient (Wildman–Crippen LogP) is 0.336. The fourth-order valence-electron chi connectivity index (χ4n) is 1.01. The number of aromatic nitrogens is 3. The maximum absolute atomic E-state index is 11.4. The smallest absolute Gasteiger partial charge is 0.288 e. The molecule has 1 heterocycles. The van der Waals surface area contributed by atoms with Crippen LogP contribution in [0.5, 0.6) is 0 Å². The van der Waals surface area contributed by atoms with Gasteiger partial charge < -0.3 is 5.32 Å². The molecule has 1 rings (SSSR count). The number of nitrogens with zero attached hydrogens (tertiary/aromatic N) is 2. The highest BCUT2D eigenvalue weighted by Crippen LogP contribution is 1.97. The minimum absolute atomic E-state index is 0.00222.